The van der Waals surface area contributed by atoms with Gasteiger partial charge in [-0.3, -0.25) is 4.21 Å². The van der Waals surface area contributed by atoms with Crippen molar-refractivity contribution in [3.63, 3.8) is 0 Å². The summed E-state index contributed by atoms with van der Waals surface area (Å²) >= 11 is 0. The summed E-state index contributed by atoms with van der Waals surface area (Å²) in [6, 6.07) is 0. The highest BCUT2D eigenvalue weighted by atomic mass is 32.2. The van der Waals surface area contributed by atoms with Crippen LogP contribution in [0, 0.1) is 0 Å². The van der Waals surface area contributed by atoms with Gasteiger partial charge < -0.3 is 15.2 Å². The lowest BCUT2D eigenvalue weighted by molar-refractivity contribution is -0.0979. The minimum Gasteiger partial charge on any atom is -0.400 e. The first-order chi connectivity index (χ1) is 12.0. The summed E-state index contributed by atoms with van der Waals surface area (Å²) in [5.74, 6) is 0. The molecule has 0 aromatic carbocycles. The second kappa shape index (κ2) is 20.3. The zero-order valence-electron chi connectivity index (χ0n) is 16.4. The maximum absolute atomic E-state index is 11.9. The second-order valence-electron chi connectivity index (χ2n) is 4.87. The number of carbonyl (C=O) groups is 1. The summed E-state index contributed by atoms with van der Waals surface area (Å²) in [7, 11) is 0.0497. The van der Waals surface area contributed by atoms with E-state index >= 15 is 0 Å². The van der Waals surface area contributed by atoms with Crippen LogP contribution in [0.5, 0.6) is 0 Å². The van der Waals surface area contributed by atoms with E-state index in [0.717, 1.165) is 43.3 Å². The van der Waals surface area contributed by atoms with Gasteiger partial charge in [0.25, 0.3) is 0 Å². The Morgan fingerprint density at radius 2 is 1.84 bits per heavy atom. The molecule has 0 heterocycles. The average molecular weight is 370 g/mol. The van der Waals surface area contributed by atoms with Gasteiger partial charge in [0.1, 0.15) is 6.79 Å². The molecule has 0 aliphatic heterocycles. The second-order valence-corrected chi connectivity index (χ2v) is 6.57. The van der Waals surface area contributed by atoms with Crippen LogP contribution in [0.25, 0.3) is 0 Å². The Hall–Kier alpha value is -1.72. The average Bonchev–Trinajstić information content (AvgIpc) is 2.63. The molecule has 0 bridgehead atoms. The van der Waals surface area contributed by atoms with Crippen molar-refractivity contribution in [2.75, 3.05) is 19.9 Å². The lowest BCUT2D eigenvalue weighted by Gasteiger charge is -2.20. The number of aliphatic hydroxyl groups excluding tert-OH is 1. The molecule has 0 spiro atoms. The van der Waals surface area contributed by atoms with Crippen molar-refractivity contribution in [3.05, 3.63) is 60.4 Å². The molecule has 0 amide bonds. The van der Waals surface area contributed by atoms with Crippen LogP contribution >= 0.6 is 0 Å². The number of allylic oxidation sites excluding steroid dienone is 6. The Morgan fingerprint density at radius 1 is 1.28 bits per heavy atom. The van der Waals surface area contributed by atoms with Gasteiger partial charge in [0.05, 0.1) is 5.25 Å². The van der Waals surface area contributed by atoms with Gasteiger partial charge >= 0.3 is 0 Å². The number of aliphatic hydroxyl groups is 1. The van der Waals surface area contributed by atoms with E-state index in [9.17, 15) is 4.21 Å². The quantitative estimate of drug-likeness (QED) is 0.455. The Balaban J connectivity index is -0.00000112. The normalized spacial score (nSPS) is 13.7. The van der Waals surface area contributed by atoms with Crippen LogP contribution in [0.4, 0.5) is 0 Å². The van der Waals surface area contributed by atoms with E-state index < -0.39 is 10.8 Å². The van der Waals surface area contributed by atoms with Crippen LogP contribution in [-0.4, -0.2) is 41.3 Å². The summed E-state index contributed by atoms with van der Waals surface area (Å²) in [4.78, 5) is 8.00. The molecule has 0 radical (unpaired) electrons. The monoisotopic (exact) mass is 369 g/mol. The summed E-state index contributed by atoms with van der Waals surface area (Å²) in [5.41, 5.74) is 2.88. The molecule has 25 heavy (non-hydrogen) atoms. The third-order valence-corrected chi connectivity index (χ3v) is 4.38. The highest BCUT2D eigenvalue weighted by Crippen LogP contribution is 2.22. The molecule has 4 nitrogen and oxygen atoms in total. The van der Waals surface area contributed by atoms with Crippen molar-refractivity contribution in [2.24, 2.45) is 0 Å². The molecule has 0 rings (SSSR count). The minimum atomic E-state index is -0.950. The van der Waals surface area contributed by atoms with E-state index in [-0.39, 0.29) is 5.25 Å². The number of nitrogens with one attached hydrogen (secondary N) is 1. The maximum Gasteiger partial charge on any atom is 0.106 e. The minimum absolute atomic E-state index is 0.0766. The van der Waals surface area contributed by atoms with Crippen molar-refractivity contribution in [1.82, 2.24) is 5.32 Å². The van der Waals surface area contributed by atoms with E-state index in [1.54, 1.807) is 12.3 Å². The lowest BCUT2D eigenvalue weighted by Crippen LogP contribution is -2.22. The summed E-state index contributed by atoms with van der Waals surface area (Å²) < 4.78 is 11.9. The molecule has 0 saturated carbocycles. The molecule has 5 heteroatoms. The molecule has 2 atom stereocenters. The van der Waals surface area contributed by atoms with Gasteiger partial charge in [-0.2, -0.15) is 0 Å². The van der Waals surface area contributed by atoms with Crippen LogP contribution in [0.15, 0.2) is 60.4 Å². The van der Waals surface area contributed by atoms with Gasteiger partial charge in [0, 0.05) is 36.4 Å². The van der Waals surface area contributed by atoms with Gasteiger partial charge in [-0.25, -0.2) is 0 Å². The van der Waals surface area contributed by atoms with Gasteiger partial charge in [-0.15, -0.1) is 0 Å². The fourth-order valence-electron chi connectivity index (χ4n) is 1.90. The number of carbonyl (C=O) groups excluding carboxylic acids is 1. The van der Waals surface area contributed by atoms with E-state index in [0.29, 0.717) is 0 Å². The molecule has 2 unspecified atom stereocenters. The van der Waals surface area contributed by atoms with E-state index in [4.69, 9.17) is 9.90 Å². The van der Waals surface area contributed by atoms with Crippen molar-refractivity contribution < 1.29 is 14.1 Å². The van der Waals surface area contributed by atoms with Crippen molar-refractivity contribution in [3.8, 4) is 0 Å². The highest BCUT2D eigenvalue weighted by molar-refractivity contribution is 7.85. The molecule has 144 valence electrons. The summed E-state index contributed by atoms with van der Waals surface area (Å²) in [6.07, 6.45) is 13.5. The van der Waals surface area contributed by atoms with Crippen LogP contribution in [0.1, 0.15) is 33.6 Å². The van der Waals surface area contributed by atoms with Crippen LogP contribution in [0.3, 0.4) is 0 Å². The fraction of sp³-hybridized carbons (Fsp3) is 0.450. The highest BCUT2D eigenvalue weighted by Gasteiger charge is 2.18. The predicted octanol–water partition coefficient (Wildman–Crippen LogP) is 3.70. The van der Waals surface area contributed by atoms with E-state index in [1.807, 2.05) is 44.9 Å². The Bertz CT molecular complexity index is 479. The van der Waals surface area contributed by atoms with Gasteiger partial charge in [-0.1, -0.05) is 50.8 Å². The topological polar surface area (TPSA) is 66.4 Å². The Labute approximate surface area is 156 Å². The Kier molecular flexibility index (Phi) is 22.8. The van der Waals surface area contributed by atoms with Gasteiger partial charge in [0.15, 0.2) is 0 Å². The molecule has 0 aliphatic carbocycles. The lowest BCUT2D eigenvalue weighted by atomic mass is 10.0. The first kappa shape index (κ1) is 28.1. The molecule has 0 aliphatic rings. The summed E-state index contributed by atoms with van der Waals surface area (Å²) in [5, 5.41) is 10.4. The molecule has 0 saturated heterocycles. The van der Waals surface area contributed by atoms with Crippen LogP contribution in [-0.2, 0) is 15.6 Å². The fourth-order valence-corrected chi connectivity index (χ4v) is 2.51. The SMILES string of the molecule is C=C/C=C\C(=C)/C(=C(/C=C\C)NCCCC)C(C)S(C)=O.C=O.CO. The van der Waals surface area contributed by atoms with Crippen molar-refractivity contribution in [1.29, 1.82) is 0 Å². The molecule has 2 N–H and O–H groups in total. The molecule has 0 fully saturated rings. The first-order valence-corrected chi connectivity index (χ1v) is 9.76. The first-order valence-electron chi connectivity index (χ1n) is 8.14. The third-order valence-electron chi connectivity index (χ3n) is 3.15. The molecule has 0 aromatic rings. The smallest absolute Gasteiger partial charge is 0.106 e. The van der Waals surface area contributed by atoms with Crippen molar-refractivity contribution >= 4 is 17.6 Å². The van der Waals surface area contributed by atoms with E-state index in [1.165, 1.54) is 0 Å². The van der Waals surface area contributed by atoms with Gasteiger partial charge in [0.2, 0.25) is 0 Å². The number of unbranched alkanes of at least 4 members (excludes halogenated alkanes) is 1. The molecular weight excluding hydrogens is 334 g/mol. The maximum atomic E-state index is 11.9. The van der Waals surface area contributed by atoms with Gasteiger partial charge in [-0.05, 0) is 37.5 Å². The number of rotatable bonds is 10. The predicted molar refractivity (Wildman–Crippen MR) is 112 cm³/mol. The molecule has 0 aromatic heterocycles. The zero-order chi connectivity index (χ0) is 20.3. The van der Waals surface area contributed by atoms with E-state index in [2.05, 4.69) is 25.4 Å². The standard InChI is InChI=1S/C18H29NOS.CH4O.CH2O/c1-7-10-13-15(4)18(16(5)21(6)20)17(12-9-3)19-14-11-8-2;2*1-2/h7,9-10,12-13,16,19H,1,4,8,11,14H2,2-3,5-6H3;2H,1H3;1H2/b12-9-,13-10-,18-17+;;. The van der Waals surface area contributed by atoms with Crippen LogP contribution in [0.2, 0.25) is 0 Å². The number of hydrogen-bond donors (Lipinski definition) is 2. The molecular formula is C20H35NO3S. The largest absolute Gasteiger partial charge is 0.400 e. The van der Waals surface area contributed by atoms with Crippen LogP contribution < -0.4 is 5.32 Å². The third kappa shape index (κ3) is 13.3. The Morgan fingerprint density at radius 3 is 2.24 bits per heavy atom. The zero-order valence-corrected chi connectivity index (χ0v) is 17.2. The number of hydrogen-bond acceptors (Lipinski definition) is 4. The van der Waals surface area contributed by atoms with Crippen molar-refractivity contribution in [2.45, 2.75) is 38.9 Å². The summed E-state index contributed by atoms with van der Waals surface area (Å²) in [6.45, 7) is 16.8.